The van der Waals surface area contributed by atoms with Gasteiger partial charge in [-0.05, 0) is 31.2 Å². The van der Waals surface area contributed by atoms with E-state index in [0.29, 0.717) is 21.5 Å². The summed E-state index contributed by atoms with van der Waals surface area (Å²) >= 11 is 7.10. The predicted molar refractivity (Wildman–Crippen MR) is 116 cm³/mol. The van der Waals surface area contributed by atoms with Crippen molar-refractivity contribution in [2.75, 3.05) is 7.05 Å². The number of aromatic nitrogens is 5. The van der Waals surface area contributed by atoms with E-state index in [0.717, 1.165) is 22.1 Å². The van der Waals surface area contributed by atoms with Crippen LogP contribution in [0.5, 0.6) is 10.8 Å². The Bertz CT molecular complexity index is 1370. The highest BCUT2D eigenvalue weighted by Gasteiger charge is 2.17. The average molecular weight is 475 g/mol. The lowest BCUT2D eigenvalue weighted by Crippen LogP contribution is -2.24. The fraction of sp³-hybridized carbons (Fsp3) is 0.150. The second-order valence-corrected chi connectivity index (χ2v) is 7.94. The molecule has 0 saturated heterocycles. The molecule has 0 atom stereocenters. The molecule has 0 radical (unpaired) electrons. The molecule has 3 heterocycles. The number of amides is 1. The van der Waals surface area contributed by atoms with Gasteiger partial charge in [0.25, 0.3) is 5.91 Å². The summed E-state index contributed by atoms with van der Waals surface area (Å²) in [5.74, 6) is -1.13. The second-order valence-electron chi connectivity index (χ2n) is 6.57. The first-order valence-electron chi connectivity index (χ1n) is 9.28. The molecule has 1 amide bonds. The molecule has 1 aromatic carbocycles. The molecule has 0 aliphatic heterocycles. The van der Waals surface area contributed by atoms with E-state index < -0.39 is 11.5 Å². The molecule has 1 N–H and O–H groups in total. The summed E-state index contributed by atoms with van der Waals surface area (Å²) in [5, 5.41) is 7.46. The number of ether oxygens (including phenoxy) is 1. The summed E-state index contributed by atoms with van der Waals surface area (Å²) in [7, 11) is 1.49. The average Bonchev–Trinajstić information content (AvgIpc) is 3.33. The molecular formula is C20H16ClFN6O3S. The van der Waals surface area contributed by atoms with Crippen LogP contribution in [0.15, 0.2) is 47.7 Å². The Morgan fingerprint density at radius 3 is 2.88 bits per heavy atom. The van der Waals surface area contributed by atoms with Crippen LogP contribution in [0.2, 0.25) is 5.02 Å². The zero-order valence-corrected chi connectivity index (χ0v) is 18.4. The number of halogens is 2. The van der Waals surface area contributed by atoms with E-state index in [1.54, 1.807) is 25.3 Å². The molecule has 4 rings (SSSR count). The lowest BCUT2D eigenvalue weighted by molar-refractivity contribution is 0.0962. The van der Waals surface area contributed by atoms with Crippen LogP contribution in [0.3, 0.4) is 0 Å². The van der Waals surface area contributed by atoms with E-state index in [1.807, 2.05) is 0 Å². The van der Waals surface area contributed by atoms with Gasteiger partial charge in [0.05, 0.1) is 28.6 Å². The maximum absolute atomic E-state index is 14.7. The Labute approximate surface area is 190 Å². The Morgan fingerprint density at radius 1 is 1.34 bits per heavy atom. The van der Waals surface area contributed by atoms with Gasteiger partial charge < -0.3 is 10.1 Å². The van der Waals surface area contributed by atoms with E-state index >= 15 is 0 Å². The van der Waals surface area contributed by atoms with Crippen LogP contribution in [0.1, 0.15) is 21.2 Å². The molecule has 0 fully saturated rings. The number of rotatable bonds is 6. The van der Waals surface area contributed by atoms with Crippen molar-refractivity contribution in [1.82, 2.24) is 29.6 Å². The van der Waals surface area contributed by atoms with Gasteiger partial charge in [-0.15, -0.1) is 0 Å². The third-order valence-corrected chi connectivity index (χ3v) is 5.80. The molecule has 0 saturated carbocycles. The fourth-order valence-corrected chi connectivity index (χ4v) is 3.86. The maximum Gasteiger partial charge on any atom is 0.350 e. The van der Waals surface area contributed by atoms with E-state index in [9.17, 15) is 14.0 Å². The number of thiazole rings is 1. The van der Waals surface area contributed by atoms with E-state index in [1.165, 1.54) is 30.1 Å². The summed E-state index contributed by atoms with van der Waals surface area (Å²) < 4.78 is 22.7. The number of nitrogens with zero attached hydrogens (tertiary/aromatic N) is 5. The monoisotopic (exact) mass is 474 g/mol. The van der Waals surface area contributed by atoms with Crippen molar-refractivity contribution in [3.63, 3.8) is 0 Å². The highest BCUT2D eigenvalue weighted by molar-refractivity contribution is 7.15. The minimum atomic E-state index is -0.703. The molecule has 9 nitrogen and oxygen atoms in total. The van der Waals surface area contributed by atoms with E-state index in [-0.39, 0.29) is 28.9 Å². The van der Waals surface area contributed by atoms with Gasteiger partial charge in [0.2, 0.25) is 5.06 Å². The molecular weight excluding hydrogens is 459 g/mol. The van der Waals surface area contributed by atoms with Crippen LogP contribution in [0, 0.1) is 12.7 Å². The van der Waals surface area contributed by atoms with Crippen molar-refractivity contribution in [1.29, 1.82) is 0 Å². The number of benzene rings is 1. The highest BCUT2D eigenvalue weighted by atomic mass is 35.5. The summed E-state index contributed by atoms with van der Waals surface area (Å²) in [5.41, 5.74) is 0.716. The van der Waals surface area contributed by atoms with Crippen molar-refractivity contribution in [3.8, 4) is 16.5 Å². The lowest BCUT2D eigenvalue weighted by Gasteiger charge is -2.07. The van der Waals surface area contributed by atoms with Gasteiger partial charge in [0.1, 0.15) is 6.33 Å². The molecule has 0 aliphatic carbocycles. The lowest BCUT2D eigenvalue weighted by atomic mass is 10.3. The molecule has 0 bridgehead atoms. The van der Waals surface area contributed by atoms with Gasteiger partial charge in [-0.3, -0.25) is 14.3 Å². The minimum Gasteiger partial charge on any atom is -0.442 e. The summed E-state index contributed by atoms with van der Waals surface area (Å²) in [4.78, 5) is 32.7. The van der Waals surface area contributed by atoms with Crippen LogP contribution >= 0.6 is 22.9 Å². The quantitative estimate of drug-likeness (QED) is 0.460. The van der Waals surface area contributed by atoms with Gasteiger partial charge in [-0.2, -0.15) is 9.78 Å². The number of pyridine rings is 1. The third-order valence-electron chi connectivity index (χ3n) is 4.43. The number of hydrogen-bond donors (Lipinski definition) is 1. The number of carbonyl (C=O) groups excluding carboxylic acids is 1. The van der Waals surface area contributed by atoms with Gasteiger partial charge >= 0.3 is 5.69 Å². The Hall–Kier alpha value is -3.57. The molecule has 3 aromatic heterocycles. The fourth-order valence-electron chi connectivity index (χ4n) is 2.80. The highest BCUT2D eigenvalue weighted by Crippen LogP contribution is 2.33. The van der Waals surface area contributed by atoms with Crippen LogP contribution in [-0.4, -0.2) is 37.3 Å². The van der Waals surface area contributed by atoms with Crippen molar-refractivity contribution in [2.24, 2.45) is 0 Å². The summed E-state index contributed by atoms with van der Waals surface area (Å²) in [6.45, 7) is 1.78. The first-order valence-corrected chi connectivity index (χ1v) is 10.5. The molecule has 0 aliphatic rings. The largest absolute Gasteiger partial charge is 0.442 e. The zero-order valence-electron chi connectivity index (χ0n) is 16.9. The van der Waals surface area contributed by atoms with Crippen LogP contribution < -0.4 is 15.7 Å². The number of nitrogens with one attached hydrogen (secondary N) is 1. The topological polar surface area (TPSA) is 104 Å². The van der Waals surface area contributed by atoms with Crippen molar-refractivity contribution < 1.29 is 13.9 Å². The van der Waals surface area contributed by atoms with Gasteiger partial charge in [-0.1, -0.05) is 22.9 Å². The second kappa shape index (κ2) is 8.89. The Kier molecular flexibility index (Phi) is 6.01. The molecule has 0 spiro atoms. The SMILES string of the molecule is CNC(=O)c1nc(C)c(Oc2ccc(-n3ncn(Cc4ncccc4Cl)c3=O)cc2F)s1. The third kappa shape index (κ3) is 4.25. The first-order chi connectivity index (χ1) is 15.4. The standard InChI is InChI=1S/C20H16ClFN6O3S/c1-11-19(32-18(26-11)17(29)23-2)31-16-6-5-12(8-14(16)22)28-20(30)27(10-25-28)9-15-13(21)4-3-7-24-15/h3-8,10H,9H2,1-2H3,(H,23,29). The van der Waals surface area contributed by atoms with Gasteiger partial charge in [-0.25, -0.2) is 14.2 Å². The van der Waals surface area contributed by atoms with Crippen molar-refractivity contribution in [2.45, 2.75) is 13.5 Å². The van der Waals surface area contributed by atoms with Crippen LogP contribution in [0.4, 0.5) is 4.39 Å². The Morgan fingerprint density at radius 2 is 2.16 bits per heavy atom. The minimum absolute atomic E-state index is 0.0725. The number of hydrogen-bond acceptors (Lipinski definition) is 7. The molecule has 164 valence electrons. The van der Waals surface area contributed by atoms with E-state index in [2.05, 4.69) is 20.4 Å². The summed E-state index contributed by atoms with van der Waals surface area (Å²) in [6.07, 6.45) is 2.91. The van der Waals surface area contributed by atoms with Gasteiger partial charge in [0.15, 0.2) is 16.6 Å². The number of carbonyl (C=O) groups is 1. The van der Waals surface area contributed by atoms with Crippen LogP contribution in [-0.2, 0) is 6.54 Å². The predicted octanol–water partition coefficient (Wildman–Crippen LogP) is 3.19. The maximum atomic E-state index is 14.7. The number of aryl methyl sites for hydroxylation is 1. The molecule has 4 aromatic rings. The molecule has 32 heavy (non-hydrogen) atoms. The molecule has 0 unspecified atom stereocenters. The molecule has 12 heteroatoms. The Balaban J connectivity index is 1.57. The van der Waals surface area contributed by atoms with Crippen LogP contribution in [0.25, 0.3) is 5.69 Å². The van der Waals surface area contributed by atoms with Gasteiger partial charge in [0, 0.05) is 19.3 Å². The first kappa shape index (κ1) is 21.7. The zero-order chi connectivity index (χ0) is 22.8. The summed E-state index contributed by atoms with van der Waals surface area (Å²) in [6, 6.07) is 7.39. The van der Waals surface area contributed by atoms with Crippen molar-refractivity contribution in [3.05, 3.63) is 80.6 Å². The van der Waals surface area contributed by atoms with E-state index in [4.69, 9.17) is 16.3 Å². The van der Waals surface area contributed by atoms with Crippen molar-refractivity contribution >= 4 is 28.8 Å². The smallest absolute Gasteiger partial charge is 0.350 e. The normalized spacial score (nSPS) is 10.9.